The average molecular weight is 257 g/mol. The summed E-state index contributed by atoms with van der Waals surface area (Å²) < 4.78 is 5.55. The van der Waals surface area contributed by atoms with Gasteiger partial charge >= 0.3 is 5.97 Å². The van der Waals surface area contributed by atoms with Crippen LogP contribution in [-0.2, 0) is 14.3 Å². The molecule has 18 heavy (non-hydrogen) atoms. The molecule has 1 aliphatic rings. The van der Waals surface area contributed by atoms with Gasteiger partial charge in [0.05, 0.1) is 6.10 Å². The van der Waals surface area contributed by atoms with Crippen LogP contribution in [0.15, 0.2) is 0 Å². The topological polar surface area (TPSA) is 66.8 Å². The fourth-order valence-corrected chi connectivity index (χ4v) is 2.25. The summed E-state index contributed by atoms with van der Waals surface area (Å²) in [6.45, 7) is 4.14. The van der Waals surface area contributed by atoms with Crippen molar-refractivity contribution in [3.8, 4) is 0 Å². The highest BCUT2D eigenvalue weighted by molar-refractivity contribution is 5.76. The molecule has 0 bridgehead atoms. The molecule has 1 amide bonds. The highest BCUT2D eigenvalue weighted by atomic mass is 16.5. The van der Waals surface area contributed by atoms with E-state index >= 15 is 0 Å². The highest BCUT2D eigenvalue weighted by Crippen LogP contribution is 2.15. The predicted molar refractivity (Wildman–Crippen MR) is 67.3 cm³/mol. The van der Waals surface area contributed by atoms with Crippen molar-refractivity contribution in [3.05, 3.63) is 0 Å². The molecule has 0 aliphatic carbocycles. The van der Waals surface area contributed by atoms with Gasteiger partial charge in [-0.25, -0.2) is 0 Å². The quantitative estimate of drug-likeness (QED) is 0.704. The number of carbonyl (C=O) groups excluding carboxylic acids is 1. The largest absolute Gasteiger partial charge is 0.481 e. The van der Waals surface area contributed by atoms with Crippen molar-refractivity contribution < 1.29 is 19.4 Å². The van der Waals surface area contributed by atoms with Crippen LogP contribution in [0.1, 0.15) is 45.4 Å². The maximum atomic E-state index is 11.9. The second kappa shape index (κ2) is 8.08. The highest BCUT2D eigenvalue weighted by Gasteiger charge is 2.23. The first kappa shape index (κ1) is 15.0. The number of ether oxygens (including phenoxy) is 1. The number of carboxylic acids is 1. The lowest BCUT2D eigenvalue weighted by Gasteiger charge is -2.32. The van der Waals surface area contributed by atoms with E-state index in [-0.39, 0.29) is 18.4 Å². The fourth-order valence-electron chi connectivity index (χ4n) is 2.25. The minimum atomic E-state index is -0.795. The molecule has 1 heterocycles. The van der Waals surface area contributed by atoms with Crippen molar-refractivity contribution in [3.63, 3.8) is 0 Å². The third-order valence-corrected chi connectivity index (χ3v) is 3.16. The molecule has 1 saturated heterocycles. The maximum absolute atomic E-state index is 11.9. The molecule has 1 N–H and O–H groups in total. The molecule has 1 atom stereocenters. The Labute approximate surface area is 108 Å². The molecule has 104 valence electrons. The summed E-state index contributed by atoms with van der Waals surface area (Å²) in [6, 6.07) is 0. The van der Waals surface area contributed by atoms with Gasteiger partial charge in [-0.2, -0.15) is 0 Å². The monoisotopic (exact) mass is 257 g/mol. The van der Waals surface area contributed by atoms with Gasteiger partial charge in [0.15, 0.2) is 0 Å². The van der Waals surface area contributed by atoms with E-state index in [1.165, 1.54) is 0 Å². The summed E-state index contributed by atoms with van der Waals surface area (Å²) in [5.74, 6) is -0.665. The molecule has 0 radical (unpaired) electrons. The summed E-state index contributed by atoms with van der Waals surface area (Å²) in [4.78, 5) is 24.1. The first-order valence-corrected chi connectivity index (χ1v) is 6.74. The van der Waals surface area contributed by atoms with E-state index in [0.717, 1.165) is 19.4 Å². The van der Waals surface area contributed by atoms with Crippen LogP contribution in [0, 0.1) is 0 Å². The Balaban J connectivity index is 2.21. The summed E-state index contributed by atoms with van der Waals surface area (Å²) in [7, 11) is 0. The van der Waals surface area contributed by atoms with Crippen LogP contribution < -0.4 is 0 Å². The Hall–Kier alpha value is -1.10. The van der Waals surface area contributed by atoms with Crippen molar-refractivity contribution in [1.29, 1.82) is 0 Å². The summed E-state index contributed by atoms with van der Waals surface area (Å²) in [5, 5.41) is 8.51. The van der Waals surface area contributed by atoms with Gasteiger partial charge < -0.3 is 14.7 Å². The van der Waals surface area contributed by atoms with Gasteiger partial charge in [-0.05, 0) is 32.6 Å². The van der Waals surface area contributed by atoms with Gasteiger partial charge in [0.2, 0.25) is 5.91 Å². The Morgan fingerprint density at radius 1 is 1.33 bits per heavy atom. The molecule has 5 nitrogen and oxygen atoms in total. The molecule has 0 spiro atoms. The molecule has 1 rings (SSSR count). The second-order valence-electron chi connectivity index (χ2n) is 4.66. The van der Waals surface area contributed by atoms with Gasteiger partial charge in [-0.1, -0.05) is 0 Å². The van der Waals surface area contributed by atoms with Crippen LogP contribution in [0.25, 0.3) is 0 Å². The van der Waals surface area contributed by atoms with E-state index in [9.17, 15) is 9.59 Å². The van der Waals surface area contributed by atoms with Crippen LogP contribution in [0.4, 0.5) is 0 Å². The van der Waals surface area contributed by atoms with Crippen molar-refractivity contribution in [2.75, 3.05) is 19.7 Å². The molecular weight excluding hydrogens is 234 g/mol. The Morgan fingerprint density at radius 3 is 2.72 bits per heavy atom. The summed E-state index contributed by atoms with van der Waals surface area (Å²) in [6.07, 6.45) is 4.01. The van der Waals surface area contributed by atoms with E-state index in [0.29, 0.717) is 32.4 Å². The fraction of sp³-hybridized carbons (Fsp3) is 0.846. The minimum Gasteiger partial charge on any atom is -0.481 e. The van der Waals surface area contributed by atoms with Crippen molar-refractivity contribution in [2.24, 2.45) is 0 Å². The van der Waals surface area contributed by atoms with Gasteiger partial charge in [0.25, 0.3) is 0 Å². The van der Waals surface area contributed by atoms with Gasteiger partial charge in [0, 0.05) is 32.5 Å². The van der Waals surface area contributed by atoms with E-state index in [1.54, 1.807) is 0 Å². The number of rotatable bonds is 7. The van der Waals surface area contributed by atoms with Crippen molar-refractivity contribution in [1.82, 2.24) is 4.90 Å². The van der Waals surface area contributed by atoms with Gasteiger partial charge in [-0.15, -0.1) is 0 Å². The number of hydrogen-bond donors (Lipinski definition) is 1. The third-order valence-electron chi connectivity index (χ3n) is 3.16. The number of amides is 1. The molecule has 5 heteroatoms. The van der Waals surface area contributed by atoms with Gasteiger partial charge in [-0.3, -0.25) is 9.59 Å². The molecule has 0 saturated carbocycles. The Morgan fingerprint density at radius 2 is 2.06 bits per heavy atom. The second-order valence-corrected chi connectivity index (χ2v) is 4.66. The smallest absolute Gasteiger partial charge is 0.303 e. The van der Waals surface area contributed by atoms with E-state index in [1.807, 2.05) is 11.8 Å². The van der Waals surface area contributed by atoms with Crippen LogP contribution in [0.3, 0.4) is 0 Å². The number of aliphatic carboxylic acids is 1. The maximum Gasteiger partial charge on any atom is 0.303 e. The van der Waals surface area contributed by atoms with Crippen LogP contribution in [-0.4, -0.2) is 47.7 Å². The Bertz CT molecular complexity index is 278. The van der Waals surface area contributed by atoms with E-state index < -0.39 is 5.97 Å². The zero-order chi connectivity index (χ0) is 13.4. The number of carboxylic acid groups (broad SMARTS) is 1. The first-order valence-electron chi connectivity index (χ1n) is 6.74. The molecule has 0 aromatic carbocycles. The normalized spacial score (nSPS) is 19.8. The van der Waals surface area contributed by atoms with Gasteiger partial charge in [0.1, 0.15) is 0 Å². The zero-order valence-electron chi connectivity index (χ0n) is 11.1. The van der Waals surface area contributed by atoms with E-state index in [4.69, 9.17) is 9.84 Å². The molecule has 1 unspecified atom stereocenters. The number of likely N-dealkylation sites (tertiary alicyclic amines) is 1. The van der Waals surface area contributed by atoms with Crippen molar-refractivity contribution >= 4 is 11.9 Å². The summed E-state index contributed by atoms with van der Waals surface area (Å²) in [5.41, 5.74) is 0. The van der Waals surface area contributed by atoms with Crippen molar-refractivity contribution in [2.45, 2.75) is 51.6 Å². The lowest BCUT2D eigenvalue weighted by Crippen LogP contribution is -2.43. The number of unbranched alkanes of at least 4 members (excludes halogenated alkanes) is 1. The molecule has 1 fully saturated rings. The lowest BCUT2D eigenvalue weighted by molar-refractivity contribution is -0.138. The zero-order valence-corrected chi connectivity index (χ0v) is 11.1. The SMILES string of the molecule is CCOC1CCCN(C(=O)CCCCC(=O)O)C1. The summed E-state index contributed by atoms with van der Waals surface area (Å²) >= 11 is 0. The first-order chi connectivity index (χ1) is 8.63. The van der Waals surface area contributed by atoms with Crippen LogP contribution in [0.2, 0.25) is 0 Å². The Kier molecular flexibility index (Phi) is 6.72. The standard InChI is InChI=1S/C13H23NO4/c1-2-18-11-6-5-9-14(10-11)12(15)7-3-4-8-13(16)17/h11H,2-10H2,1H3,(H,16,17). The molecule has 0 aromatic rings. The lowest BCUT2D eigenvalue weighted by atomic mass is 10.1. The third kappa shape index (κ3) is 5.49. The molecule has 1 aliphatic heterocycles. The number of nitrogens with zero attached hydrogens (tertiary/aromatic N) is 1. The predicted octanol–water partition coefficient (Wildman–Crippen LogP) is 1.66. The average Bonchev–Trinajstić information content (AvgIpc) is 2.35. The minimum absolute atomic E-state index is 0.129. The molecular formula is C13H23NO4. The number of piperidine rings is 1. The number of hydrogen-bond acceptors (Lipinski definition) is 3. The molecule has 0 aromatic heterocycles. The van der Waals surface area contributed by atoms with Crippen LogP contribution in [0.5, 0.6) is 0 Å². The van der Waals surface area contributed by atoms with E-state index in [2.05, 4.69) is 0 Å². The van der Waals surface area contributed by atoms with Crippen LogP contribution >= 0.6 is 0 Å². The number of carbonyl (C=O) groups is 2.